The van der Waals surface area contributed by atoms with Crippen molar-refractivity contribution in [2.24, 2.45) is 0 Å². The summed E-state index contributed by atoms with van der Waals surface area (Å²) in [6, 6.07) is 9.16. The zero-order chi connectivity index (χ0) is 13.8. The molecule has 0 aliphatic carbocycles. The SMILES string of the molecule is COc1cc(-c2cnccc2[C@@H](C)O)ccc1C#N. The molecule has 0 aliphatic heterocycles. The molecule has 0 saturated carbocycles. The molecule has 96 valence electrons. The molecule has 1 heterocycles. The van der Waals surface area contributed by atoms with Crippen LogP contribution in [0.2, 0.25) is 0 Å². The van der Waals surface area contributed by atoms with E-state index in [1.165, 1.54) is 7.11 Å². The monoisotopic (exact) mass is 254 g/mol. The van der Waals surface area contributed by atoms with E-state index in [9.17, 15) is 5.11 Å². The third-order valence-corrected chi connectivity index (χ3v) is 2.94. The highest BCUT2D eigenvalue weighted by molar-refractivity contribution is 5.69. The van der Waals surface area contributed by atoms with Crippen LogP contribution < -0.4 is 4.74 Å². The Bertz CT molecular complexity index is 630. The predicted octanol–water partition coefficient (Wildman–Crippen LogP) is 2.68. The Balaban J connectivity index is 2.57. The van der Waals surface area contributed by atoms with Gasteiger partial charge in [0.1, 0.15) is 11.8 Å². The number of rotatable bonds is 3. The Morgan fingerprint density at radius 3 is 2.79 bits per heavy atom. The van der Waals surface area contributed by atoms with E-state index in [0.29, 0.717) is 11.3 Å². The number of aliphatic hydroxyl groups is 1. The smallest absolute Gasteiger partial charge is 0.137 e. The Kier molecular flexibility index (Phi) is 3.79. The lowest BCUT2D eigenvalue weighted by molar-refractivity contribution is 0.200. The van der Waals surface area contributed by atoms with Gasteiger partial charge in [0.25, 0.3) is 0 Å². The number of pyridine rings is 1. The van der Waals surface area contributed by atoms with Crippen molar-refractivity contribution in [2.75, 3.05) is 7.11 Å². The average molecular weight is 254 g/mol. The molecule has 0 spiro atoms. The molecule has 4 heteroatoms. The second-order valence-corrected chi connectivity index (χ2v) is 4.17. The number of aromatic nitrogens is 1. The van der Waals surface area contributed by atoms with Crippen molar-refractivity contribution >= 4 is 0 Å². The van der Waals surface area contributed by atoms with Gasteiger partial charge in [0.2, 0.25) is 0 Å². The number of methoxy groups -OCH3 is 1. The summed E-state index contributed by atoms with van der Waals surface area (Å²) in [6.45, 7) is 1.71. The fraction of sp³-hybridized carbons (Fsp3) is 0.200. The van der Waals surface area contributed by atoms with Gasteiger partial charge >= 0.3 is 0 Å². The topological polar surface area (TPSA) is 66.1 Å². The maximum Gasteiger partial charge on any atom is 0.137 e. The number of hydrogen-bond acceptors (Lipinski definition) is 4. The van der Waals surface area contributed by atoms with Crippen LogP contribution in [0, 0.1) is 11.3 Å². The van der Waals surface area contributed by atoms with Gasteiger partial charge in [-0.3, -0.25) is 4.98 Å². The highest BCUT2D eigenvalue weighted by atomic mass is 16.5. The summed E-state index contributed by atoms with van der Waals surface area (Å²) in [7, 11) is 1.53. The van der Waals surface area contributed by atoms with Gasteiger partial charge in [0, 0.05) is 18.0 Å². The van der Waals surface area contributed by atoms with E-state index in [2.05, 4.69) is 11.1 Å². The molecule has 0 aliphatic rings. The van der Waals surface area contributed by atoms with Crippen molar-refractivity contribution < 1.29 is 9.84 Å². The molecule has 0 saturated heterocycles. The molecule has 4 nitrogen and oxygen atoms in total. The Morgan fingerprint density at radius 2 is 2.16 bits per heavy atom. The molecule has 2 rings (SSSR count). The van der Waals surface area contributed by atoms with E-state index in [1.54, 1.807) is 37.5 Å². The minimum Gasteiger partial charge on any atom is -0.495 e. The molecule has 1 aromatic carbocycles. The van der Waals surface area contributed by atoms with Gasteiger partial charge in [0.05, 0.1) is 18.8 Å². The minimum atomic E-state index is -0.584. The van der Waals surface area contributed by atoms with E-state index in [4.69, 9.17) is 10.00 Å². The van der Waals surface area contributed by atoms with Gasteiger partial charge in [0.15, 0.2) is 0 Å². The minimum absolute atomic E-state index is 0.480. The molecule has 19 heavy (non-hydrogen) atoms. The fourth-order valence-corrected chi connectivity index (χ4v) is 1.96. The first kappa shape index (κ1) is 13.1. The lowest BCUT2D eigenvalue weighted by atomic mass is 9.98. The first-order chi connectivity index (χ1) is 9.17. The van der Waals surface area contributed by atoms with Crippen LogP contribution >= 0.6 is 0 Å². The van der Waals surface area contributed by atoms with Gasteiger partial charge in [-0.05, 0) is 36.2 Å². The number of nitrogens with zero attached hydrogens (tertiary/aromatic N) is 2. The van der Waals surface area contributed by atoms with Crippen LogP contribution in [0.3, 0.4) is 0 Å². The van der Waals surface area contributed by atoms with E-state index >= 15 is 0 Å². The third-order valence-electron chi connectivity index (χ3n) is 2.94. The fourth-order valence-electron chi connectivity index (χ4n) is 1.96. The Hall–Kier alpha value is -2.38. The van der Waals surface area contributed by atoms with Crippen molar-refractivity contribution in [3.8, 4) is 22.9 Å². The van der Waals surface area contributed by atoms with E-state index in [0.717, 1.165) is 16.7 Å². The van der Waals surface area contributed by atoms with Crippen LogP contribution in [0.25, 0.3) is 11.1 Å². The second kappa shape index (κ2) is 5.51. The second-order valence-electron chi connectivity index (χ2n) is 4.17. The average Bonchev–Trinajstić information content (AvgIpc) is 2.46. The van der Waals surface area contributed by atoms with Crippen LogP contribution in [0.4, 0.5) is 0 Å². The maximum atomic E-state index is 9.78. The molecule has 2 aromatic rings. The third kappa shape index (κ3) is 2.56. The summed E-state index contributed by atoms with van der Waals surface area (Å²) in [6.07, 6.45) is 2.76. The van der Waals surface area contributed by atoms with E-state index in [-0.39, 0.29) is 0 Å². The van der Waals surface area contributed by atoms with Crippen LogP contribution in [-0.4, -0.2) is 17.2 Å². The molecule has 1 aromatic heterocycles. The van der Waals surface area contributed by atoms with Gasteiger partial charge in [-0.1, -0.05) is 6.07 Å². The largest absolute Gasteiger partial charge is 0.495 e. The molecule has 0 bridgehead atoms. The zero-order valence-corrected chi connectivity index (χ0v) is 10.8. The van der Waals surface area contributed by atoms with Gasteiger partial charge < -0.3 is 9.84 Å². The Morgan fingerprint density at radius 1 is 1.37 bits per heavy atom. The number of aliphatic hydroxyl groups excluding tert-OH is 1. The van der Waals surface area contributed by atoms with Crippen LogP contribution in [0.1, 0.15) is 24.2 Å². The van der Waals surface area contributed by atoms with Gasteiger partial charge in [-0.25, -0.2) is 0 Å². The van der Waals surface area contributed by atoms with Gasteiger partial charge in [-0.15, -0.1) is 0 Å². The first-order valence-electron chi connectivity index (χ1n) is 5.88. The van der Waals surface area contributed by atoms with Crippen molar-refractivity contribution in [2.45, 2.75) is 13.0 Å². The molecule has 1 N–H and O–H groups in total. The molecule has 0 unspecified atom stereocenters. The summed E-state index contributed by atoms with van der Waals surface area (Å²) in [5, 5.41) is 18.8. The first-order valence-corrected chi connectivity index (χ1v) is 5.88. The number of nitriles is 1. The quantitative estimate of drug-likeness (QED) is 0.914. The summed E-state index contributed by atoms with van der Waals surface area (Å²) in [5.41, 5.74) is 2.97. The summed E-state index contributed by atoms with van der Waals surface area (Å²) in [4.78, 5) is 4.09. The molecule has 0 radical (unpaired) electrons. The molecule has 1 atom stereocenters. The number of hydrogen-bond donors (Lipinski definition) is 1. The van der Waals surface area contributed by atoms with Crippen LogP contribution in [-0.2, 0) is 0 Å². The van der Waals surface area contributed by atoms with Crippen molar-refractivity contribution in [3.05, 3.63) is 47.8 Å². The number of benzene rings is 1. The lowest BCUT2D eigenvalue weighted by Gasteiger charge is -2.12. The Labute approximate surface area is 111 Å². The predicted molar refractivity (Wildman–Crippen MR) is 71.6 cm³/mol. The highest BCUT2D eigenvalue weighted by Gasteiger charge is 2.12. The summed E-state index contributed by atoms with van der Waals surface area (Å²) >= 11 is 0. The summed E-state index contributed by atoms with van der Waals surface area (Å²) in [5.74, 6) is 0.514. The van der Waals surface area contributed by atoms with Crippen molar-refractivity contribution in [3.63, 3.8) is 0 Å². The van der Waals surface area contributed by atoms with E-state index in [1.807, 2.05) is 6.07 Å². The normalized spacial score (nSPS) is 11.7. The van der Waals surface area contributed by atoms with Gasteiger partial charge in [-0.2, -0.15) is 5.26 Å². The maximum absolute atomic E-state index is 9.78. The van der Waals surface area contributed by atoms with Crippen molar-refractivity contribution in [1.82, 2.24) is 4.98 Å². The standard InChI is InChI=1S/C15H14N2O2/c1-10(18)13-5-6-17-9-14(13)11-3-4-12(8-16)15(7-11)19-2/h3-7,9-10,18H,1-2H3/t10-/m1/s1. The summed E-state index contributed by atoms with van der Waals surface area (Å²) < 4.78 is 5.19. The van der Waals surface area contributed by atoms with Crippen LogP contribution in [0.5, 0.6) is 5.75 Å². The molecular formula is C15H14N2O2. The van der Waals surface area contributed by atoms with E-state index < -0.39 is 6.10 Å². The van der Waals surface area contributed by atoms with Crippen LogP contribution in [0.15, 0.2) is 36.7 Å². The molecular weight excluding hydrogens is 240 g/mol. The lowest BCUT2D eigenvalue weighted by Crippen LogP contribution is -1.96. The zero-order valence-electron chi connectivity index (χ0n) is 10.8. The highest BCUT2D eigenvalue weighted by Crippen LogP contribution is 2.31. The molecule has 0 amide bonds. The van der Waals surface area contributed by atoms with Crippen molar-refractivity contribution in [1.29, 1.82) is 5.26 Å². The molecule has 0 fully saturated rings. The number of ether oxygens (including phenoxy) is 1.